The lowest BCUT2D eigenvalue weighted by atomic mass is 10.2. The summed E-state index contributed by atoms with van der Waals surface area (Å²) >= 11 is 0. The number of hydrogen-bond donors (Lipinski definition) is 2. The van der Waals surface area contributed by atoms with Crippen LogP contribution in [-0.4, -0.2) is 30.1 Å². The van der Waals surface area contributed by atoms with E-state index in [1.165, 1.54) is 13.3 Å². The van der Waals surface area contributed by atoms with Crippen LogP contribution in [0.4, 0.5) is 17.2 Å². The Morgan fingerprint density at radius 1 is 1.04 bits per heavy atom. The van der Waals surface area contributed by atoms with Gasteiger partial charge in [0.1, 0.15) is 17.7 Å². The number of methoxy groups -OCH3 is 2. The van der Waals surface area contributed by atoms with Crippen molar-refractivity contribution in [2.75, 3.05) is 24.9 Å². The number of rotatable bonds is 5. The minimum absolute atomic E-state index is 0.124. The van der Waals surface area contributed by atoms with Crippen LogP contribution < -0.4 is 20.1 Å². The normalized spacial score (nSPS) is 10.4. The van der Waals surface area contributed by atoms with Crippen LogP contribution in [0.1, 0.15) is 6.92 Å². The van der Waals surface area contributed by atoms with Crippen molar-refractivity contribution < 1.29 is 14.3 Å². The third kappa shape index (κ3) is 3.45. The lowest BCUT2D eigenvalue weighted by molar-refractivity contribution is -0.114. The first-order chi connectivity index (χ1) is 12.1. The average Bonchev–Trinajstić information content (AvgIpc) is 2.60. The summed E-state index contributed by atoms with van der Waals surface area (Å²) in [7, 11) is 3.15. The number of amides is 1. The van der Waals surface area contributed by atoms with Crippen molar-refractivity contribution in [3.8, 4) is 11.5 Å². The lowest BCUT2D eigenvalue weighted by Gasteiger charge is -2.13. The van der Waals surface area contributed by atoms with E-state index in [2.05, 4.69) is 20.6 Å². The molecule has 0 aliphatic heterocycles. The number of anilines is 3. The van der Waals surface area contributed by atoms with Gasteiger partial charge in [0.15, 0.2) is 11.5 Å². The van der Waals surface area contributed by atoms with Crippen molar-refractivity contribution in [3.05, 3.63) is 42.7 Å². The molecule has 0 radical (unpaired) electrons. The number of carbonyl (C=O) groups excluding carboxylic acids is 1. The Hall–Kier alpha value is -3.35. The lowest BCUT2D eigenvalue weighted by Crippen LogP contribution is -2.06. The van der Waals surface area contributed by atoms with Gasteiger partial charge in [-0.1, -0.05) is 6.07 Å². The van der Waals surface area contributed by atoms with Gasteiger partial charge in [0, 0.05) is 23.7 Å². The molecular weight excluding hydrogens is 320 g/mol. The second-order valence-electron chi connectivity index (χ2n) is 5.31. The van der Waals surface area contributed by atoms with Crippen LogP contribution >= 0.6 is 0 Å². The summed E-state index contributed by atoms with van der Waals surface area (Å²) in [5, 5.41) is 6.80. The van der Waals surface area contributed by atoms with Gasteiger partial charge in [0.25, 0.3) is 0 Å². The minimum atomic E-state index is -0.124. The molecule has 0 atom stereocenters. The molecule has 0 aliphatic carbocycles. The summed E-state index contributed by atoms with van der Waals surface area (Å²) in [6, 6.07) is 11.1. The second kappa shape index (κ2) is 7.04. The molecule has 1 amide bonds. The molecule has 1 heterocycles. The predicted octanol–water partition coefficient (Wildman–Crippen LogP) is 3.35. The molecule has 0 bridgehead atoms. The highest BCUT2D eigenvalue weighted by atomic mass is 16.5. The van der Waals surface area contributed by atoms with E-state index in [0.29, 0.717) is 28.5 Å². The van der Waals surface area contributed by atoms with Gasteiger partial charge < -0.3 is 20.1 Å². The third-order valence-electron chi connectivity index (χ3n) is 3.59. The molecule has 0 spiro atoms. The van der Waals surface area contributed by atoms with Gasteiger partial charge in [0.05, 0.1) is 14.2 Å². The number of ether oxygens (including phenoxy) is 2. The first kappa shape index (κ1) is 16.5. The number of nitrogens with zero attached hydrogens (tertiary/aromatic N) is 2. The molecular formula is C18H18N4O3. The Labute approximate surface area is 145 Å². The Balaban J connectivity index is 2.01. The summed E-state index contributed by atoms with van der Waals surface area (Å²) in [6.45, 7) is 1.47. The number of hydrogen-bond acceptors (Lipinski definition) is 6. The zero-order chi connectivity index (χ0) is 17.8. The van der Waals surface area contributed by atoms with Crippen LogP contribution in [0, 0.1) is 0 Å². The SMILES string of the molecule is COc1ccc2c(Nc3cccc(NC(C)=O)c3)ncnc2c1OC. The van der Waals surface area contributed by atoms with Gasteiger partial charge in [-0.2, -0.15) is 0 Å². The van der Waals surface area contributed by atoms with Crippen LogP contribution in [0.15, 0.2) is 42.7 Å². The molecule has 7 nitrogen and oxygen atoms in total. The molecule has 3 aromatic rings. The molecule has 0 unspecified atom stereocenters. The van der Waals surface area contributed by atoms with Gasteiger partial charge in [-0.05, 0) is 30.3 Å². The highest BCUT2D eigenvalue weighted by Gasteiger charge is 2.13. The second-order valence-corrected chi connectivity index (χ2v) is 5.31. The topological polar surface area (TPSA) is 85.4 Å². The smallest absolute Gasteiger partial charge is 0.221 e. The van der Waals surface area contributed by atoms with E-state index in [-0.39, 0.29) is 5.91 Å². The Kier molecular flexibility index (Phi) is 4.65. The molecule has 3 rings (SSSR count). The third-order valence-corrected chi connectivity index (χ3v) is 3.59. The van der Waals surface area contributed by atoms with Crippen molar-refractivity contribution in [3.63, 3.8) is 0 Å². The van der Waals surface area contributed by atoms with E-state index in [1.54, 1.807) is 14.2 Å². The number of carbonyl (C=O) groups is 1. The van der Waals surface area contributed by atoms with Gasteiger partial charge in [0.2, 0.25) is 5.91 Å². The molecule has 2 N–H and O–H groups in total. The molecule has 128 valence electrons. The molecule has 25 heavy (non-hydrogen) atoms. The number of nitrogens with one attached hydrogen (secondary N) is 2. The molecule has 2 aromatic carbocycles. The largest absolute Gasteiger partial charge is 0.493 e. The van der Waals surface area contributed by atoms with Crippen molar-refractivity contribution in [1.82, 2.24) is 9.97 Å². The van der Waals surface area contributed by atoms with Crippen molar-refractivity contribution >= 4 is 34.0 Å². The van der Waals surface area contributed by atoms with Crippen LogP contribution in [0.5, 0.6) is 11.5 Å². The summed E-state index contributed by atoms with van der Waals surface area (Å²) in [6.07, 6.45) is 1.46. The van der Waals surface area contributed by atoms with Crippen molar-refractivity contribution in [2.45, 2.75) is 6.92 Å². The van der Waals surface area contributed by atoms with E-state index in [4.69, 9.17) is 9.47 Å². The predicted molar refractivity (Wildman–Crippen MR) is 96.7 cm³/mol. The summed E-state index contributed by atoms with van der Waals surface area (Å²) in [4.78, 5) is 19.8. The quantitative estimate of drug-likeness (QED) is 0.742. The van der Waals surface area contributed by atoms with Crippen LogP contribution in [0.2, 0.25) is 0 Å². The van der Waals surface area contributed by atoms with E-state index >= 15 is 0 Å². The van der Waals surface area contributed by atoms with Crippen molar-refractivity contribution in [2.24, 2.45) is 0 Å². The molecule has 0 aliphatic rings. The van der Waals surface area contributed by atoms with Gasteiger partial charge in [-0.25, -0.2) is 9.97 Å². The summed E-state index contributed by atoms with van der Waals surface area (Å²) < 4.78 is 10.7. The maximum atomic E-state index is 11.2. The average molecular weight is 338 g/mol. The number of fused-ring (bicyclic) bond motifs is 1. The molecule has 0 fully saturated rings. The minimum Gasteiger partial charge on any atom is -0.493 e. The molecule has 1 aromatic heterocycles. The van der Waals surface area contributed by atoms with E-state index in [9.17, 15) is 4.79 Å². The highest BCUT2D eigenvalue weighted by Crippen LogP contribution is 2.36. The summed E-state index contributed by atoms with van der Waals surface area (Å²) in [5.41, 5.74) is 2.15. The fourth-order valence-corrected chi connectivity index (χ4v) is 2.56. The number of benzene rings is 2. The number of aromatic nitrogens is 2. The fourth-order valence-electron chi connectivity index (χ4n) is 2.56. The van der Waals surface area contributed by atoms with Crippen LogP contribution in [0.3, 0.4) is 0 Å². The Morgan fingerprint density at radius 2 is 1.84 bits per heavy atom. The Morgan fingerprint density at radius 3 is 2.56 bits per heavy atom. The van der Waals surface area contributed by atoms with Gasteiger partial charge >= 0.3 is 0 Å². The van der Waals surface area contributed by atoms with Crippen LogP contribution in [0.25, 0.3) is 10.9 Å². The maximum absolute atomic E-state index is 11.2. The van der Waals surface area contributed by atoms with E-state index < -0.39 is 0 Å². The monoisotopic (exact) mass is 338 g/mol. The Bertz CT molecular complexity index is 927. The highest BCUT2D eigenvalue weighted by molar-refractivity contribution is 5.96. The van der Waals surface area contributed by atoms with Gasteiger partial charge in [-0.15, -0.1) is 0 Å². The standard InChI is InChI=1S/C18H18N4O3/c1-11(23)21-12-5-4-6-13(9-12)22-18-14-7-8-15(24-2)17(25-3)16(14)19-10-20-18/h4-10H,1-3H3,(H,21,23)(H,19,20,22). The van der Waals surface area contributed by atoms with E-state index in [1.807, 2.05) is 36.4 Å². The first-order valence-electron chi connectivity index (χ1n) is 7.62. The zero-order valence-electron chi connectivity index (χ0n) is 14.2. The maximum Gasteiger partial charge on any atom is 0.221 e. The summed E-state index contributed by atoms with van der Waals surface area (Å²) in [5.74, 6) is 1.66. The van der Waals surface area contributed by atoms with Crippen LogP contribution in [-0.2, 0) is 4.79 Å². The molecule has 0 saturated carbocycles. The first-order valence-corrected chi connectivity index (χ1v) is 7.62. The van der Waals surface area contributed by atoms with Gasteiger partial charge in [-0.3, -0.25) is 4.79 Å². The van der Waals surface area contributed by atoms with Crippen molar-refractivity contribution in [1.29, 1.82) is 0 Å². The molecule has 7 heteroatoms. The van der Waals surface area contributed by atoms with E-state index in [0.717, 1.165) is 11.1 Å². The molecule has 0 saturated heterocycles. The fraction of sp³-hybridized carbons (Fsp3) is 0.167. The zero-order valence-corrected chi connectivity index (χ0v) is 14.2.